The molecule has 5 heterocycles. The lowest BCUT2D eigenvalue weighted by molar-refractivity contribution is 0.397. The van der Waals surface area contributed by atoms with Crippen LogP contribution >= 0.6 is 0 Å². The Labute approximate surface area is 624 Å². The molecule has 0 aliphatic carbocycles. The van der Waals surface area contributed by atoms with Crippen LogP contribution in [0.5, 0.6) is 46.0 Å². The Morgan fingerprint density at radius 1 is 0.315 bits per heavy atom. The Morgan fingerprint density at radius 3 is 0.870 bits per heavy atom. The molecule has 28 nitrogen and oxygen atoms in total. The number of benzene rings is 8. The Kier molecular flexibility index (Phi) is 21.2. The van der Waals surface area contributed by atoms with Gasteiger partial charge < -0.3 is 47.9 Å². The van der Waals surface area contributed by atoms with E-state index in [2.05, 4.69) is 28.9 Å². The SMILES string of the molecule is COc1ccc(OC)c(CC(C)NS(=O)(=O)c2cccc3c2-c2nc-3nc3[nH]c(nc4nc(nc5[nH]c(n2)c2cccc(S(=O)(=O)NC(C)Cc6cc(OC)ccc6OC)c52)-c2cccc(S(=O)(=O)NC(C)Cc5cc(OC)ccc5OC)c2-4)c2cccc(S(=O)(=O)NC(C)Cc4cc(OC)ccc4OC)c32)c1. The predicted octanol–water partition coefficient (Wildman–Crippen LogP) is 10.6. The molecule has 108 heavy (non-hydrogen) atoms. The van der Waals surface area contributed by atoms with Gasteiger partial charge in [0.05, 0.1) is 87.6 Å². The van der Waals surface area contributed by atoms with Crippen molar-refractivity contribution in [3.63, 3.8) is 0 Å². The minimum atomic E-state index is -4.60. The first-order valence-corrected chi connectivity index (χ1v) is 39.9. The maximum atomic E-state index is 15.4. The molecule has 13 rings (SSSR count). The van der Waals surface area contributed by atoms with Crippen LogP contribution in [0, 0.1) is 0 Å². The summed E-state index contributed by atoms with van der Waals surface area (Å²) in [6, 6.07) is 35.6. The zero-order valence-electron chi connectivity index (χ0n) is 60.8. The molecule has 4 unspecified atom stereocenters. The predicted molar refractivity (Wildman–Crippen MR) is 408 cm³/mol. The second-order valence-corrected chi connectivity index (χ2v) is 32.7. The molecule has 0 amide bonds. The lowest BCUT2D eigenvalue weighted by atomic mass is 10.1. The van der Waals surface area contributed by atoms with Crippen LogP contribution in [0.3, 0.4) is 0 Å². The number of H-pyrrole nitrogens is 2. The van der Waals surface area contributed by atoms with E-state index in [1.165, 1.54) is 105 Å². The van der Waals surface area contributed by atoms with Crippen LogP contribution < -0.4 is 56.8 Å². The number of sulfonamides is 4. The molecular formula is C76H78N12O16S4. The van der Waals surface area contributed by atoms with Crippen molar-refractivity contribution in [2.24, 2.45) is 0 Å². The third-order valence-electron chi connectivity index (χ3n) is 18.4. The molecular weight excluding hydrogens is 1470 g/mol. The number of methoxy groups -OCH3 is 8. The number of ether oxygens (including phenoxy) is 8. The van der Waals surface area contributed by atoms with Crippen LogP contribution in [-0.2, 0) is 65.8 Å². The lowest BCUT2D eigenvalue weighted by Gasteiger charge is -2.18. The lowest BCUT2D eigenvalue weighted by Crippen LogP contribution is -2.34. The molecule has 2 aliphatic heterocycles. The smallest absolute Gasteiger partial charge is 0.241 e. The van der Waals surface area contributed by atoms with Gasteiger partial charge in [0.1, 0.15) is 68.6 Å². The van der Waals surface area contributed by atoms with Crippen LogP contribution in [0.1, 0.15) is 49.9 Å². The van der Waals surface area contributed by atoms with Crippen molar-refractivity contribution in [1.82, 2.24) is 58.8 Å². The van der Waals surface area contributed by atoms with Crippen LogP contribution in [0.2, 0.25) is 0 Å². The van der Waals surface area contributed by atoms with E-state index in [-0.39, 0.29) is 135 Å². The van der Waals surface area contributed by atoms with Gasteiger partial charge >= 0.3 is 0 Å². The number of fused-ring (bicyclic) bond motifs is 20. The molecule has 562 valence electrons. The maximum Gasteiger partial charge on any atom is 0.241 e. The second-order valence-electron chi connectivity index (χ2n) is 25.9. The third-order valence-corrected chi connectivity index (χ3v) is 25.0. The first-order chi connectivity index (χ1) is 51.7. The van der Waals surface area contributed by atoms with Crippen molar-refractivity contribution in [3.05, 3.63) is 168 Å². The van der Waals surface area contributed by atoms with E-state index in [0.29, 0.717) is 68.2 Å². The zero-order chi connectivity index (χ0) is 76.7. The molecule has 0 saturated carbocycles. The molecule has 32 heteroatoms. The number of nitrogens with one attached hydrogen (secondary N) is 6. The van der Waals surface area contributed by atoms with Crippen LogP contribution in [-0.4, -0.2) is 155 Å². The topological polar surface area (TPSA) is 367 Å². The fraction of sp³-hybridized carbons (Fsp3) is 0.263. The molecule has 0 fully saturated rings. The molecule has 2 aliphatic rings. The minimum absolute atomic E-state index is 0.0166. The molecule has 8 aromatic carbocycles. The van der Waals surface area contributed by atoms with Crippen LogP contribution in [0.25, 0.3) is 89.7 Å². The highest BCUT2D eigenvalue weighted by molar-refractivity contribution is 7.90. The van der Waals surface area contributed by atoms with E-state index in [1.807, 2.05) is 0 Å². The monoisotopic (exact) mass is 1540 g/mol. The van der Waals surface area contributed by atoms with Gasteiger partial charge in [0.2, 0.25) is 40.1 Å². The largest absolute Gasteiger partial charge is 0.497 e. The number of hydrogen-bond donors (Lipinski definition) is 6. The Morgan fingerprint density at radius 2 is 0.583 bits per heavy atom. The van der Waals surface area contributed by atoms with Crippen LogP contribution in [0.15, 0.2) is 165 Å². The average Bonchev–Trinajstić information content (AvgIpc) is 1.57. The summed E-state index contributed by atoms with van der Waals surface area (Å²) in [4.78, 5) is 36.0. The summed E-state index contributed by atoms with van der Waals surface area (Å²) in [7, 11) is -6.28. The Bertz CT molecular complexity index is 5680. The van der Waals surface area contributed by atoms with Gasteiger partial charge in [-0.15, -0.1) is 0 Å². The molecule has 6 N–H and O–H groups in total. The zero-order valence-corrected chi connectivity index (χ0v) is 64.1. The number of aromatic amines is 2. The summed E-state index contributed by atoms with van der Waals surface area (Å²) in [6.45, 7) is 6.76. The van der Waals surface area contributed by atoms with Gasteiger partial charge in [0.15, 0.2) is 23.3 Å². The number of nitrogens with zero attached hydrogens (tertiary/aromatic N) is 6. The fourth-order valence-corrected chi connectivity index (χ4v) is 19.6. The standard InChI is InChI=1S/C76H78N12O16S4/c1-41(33-45-37-49(97-5)25-29-57(45)101-9)85-105(89,90)61-21-13-17-53-65(61)73-77-69(53)82-74-67-55(19-15-23-63(67)107(93,94)87-43(3)35-47-39-51(99-7)27-31-59(47)103-11)71(79-74)84-76-68-56(20-16-24-64(68)108(95,96)88-44(4)36-48-40-52(100-8)28-32-60(48)104-12)72(80-76)83-75-66-54(70(78-75)81-73)18-14-22-62(66)106(91,92)86-42(2)34-46-38-50(98-6)26-30-58(46)102-10/h13-32,37-44,85-88H,33-36H2,1-12H3,(H2,77,78,79,80,81,82,83,84). The van der Waals surface area contributed by atoms with E-state index in [0.717, 1.165) is 0 Å². The van der Waals surface area contributed by atoms with Gasteiger partial charge in [0, 0.05) is 56.8 Å². The summed E-state index contributed by atoms with van der Waals surface area (Å²) in [5.74, 6) is 3.28. The summed E-state index contributed by atoms with van der Waals surface area (Å²) < 4.78 is 179. The number of rotatable bonds is 28. The van der Waals surface area contributed by atoms with Gasteiger partial charge in [0.25, 0.3) is 0 Å². The number of hydrogen-bond acceptors (Lipinski definition) is 22. The Hall–Kier alpha value is -10.8. The van der Waals surface area contributed by atoms with Gasteiger partial charge in [-0.1, -0.05) is 48.5 Å². The molecule has 11 aromatic rings. The summed E-state index contributed by atoms with van der Waals surface area (Å²) in [5, 5.41) is 0.259. The van der Waals surface area contributed by atoms with E-state index in [1.54, 1.807) is 125 Å². The highest BCUT2D eigenvalue weighted by atomic mass is 32.2. The molecule has 8 bridgehead atoms. The van der Waals surface area contributed by atoms with Crippen molar-refractivity contribution in [3.8, 4) is 91.5 Å². The first kappa shape index (κ1) is 75.4. The van der Waals surface area contributed by atoms with Crippen molar-refractivity contribution in [2.45, 2.75) is 97.1 Å². The molecule has 0 spiro atoms. The van der Waals surface area contributed by atoms with Gasteiger partial charge in [-0.3, -0.25) is 0 Å². The van der Waals surface area contributed by atoms with Crippen molar-refractivity contribution < 1.29 is 71.6 Å². The van der Waals surface area contributed by atoms with E-state index >= 15 is 33.7 Å². The van der Waals surface area contributed by atoms with Gasteiger partial charge in [-0.05, 0) is 173 Å². The third kappa shape index (κ3) is 15.0. The first-order valence-electron chi connectivity index (χ1n) is 34.0. The van der Waals surface area contributed by atoms with Gasteiger partial charge in [-0.25, -0.2) is 82.5 Å². The molecule has 0 saturated heterocycles. The fourth-order valence-electron chi connectivity index (χ4n) is 13.7. The van der Waals surface area contributed by atoms with Crippen molar-refractivity contribution in [2.75, 3.05) is 56.9 Å². The quantitative estimate of drug-likeness (QED) is 0.0265. The van der Waals surface area contributed by atoms with E-state index < -0.39 is 64.3 Å². The van der Waals surface area contributed by atoms with Gasteiger partial charge in [-0.2, -0.15) is 0 Å². The highest BCUT2D eigenvalue weighted by Gasteiger charge is 2.35. The molecule has 3 aromatic heterocycles. The summed E-state index contributed by atoms with van der Waals surface area (Å²) in [5.41, 5.74) is 2.28. The second kappa shape index (κ2) is 30.4. The number of aromatic nitrogens is 8. The maximum absolute atomic E-state index is 15.4. The van der Waals surface area contributed by atoms with Crippen molar-refractivity contribution in [1.29, 1.82) is 0 Å². The minimum Gasteiger partial charge on any atom is -0.497 e. The average molecular weight is 1540 g/mol. The highest BCUT2D eigenvalue weighted by Crippen LogP contribution is 2.44. The Balaban J connectivity index is 1.07. The van der Waals surface area contributed by atoms with Crippen LogP contribution in [0.4, 0.5) is 0 Å². The summed E-state index contributed by atoms with van der Waals surface area (Å²) >= 11 is 0. The molecule has 0 radical (unpaired) electrons. The summed E-state index contributed by atoms with van der Waals surface area (Å²) in [6.07, 6.45) is 0.582. The van der Waals surface area contributed by atoms with E-state index in [4.69, 9.17) is 67.8 Å². The molecule has 4 atom stereocenters. The van der Waals surface area contributed by atoms with E-state index in [9.17, 15) is 0 Å². The van der Waals surface area contributed by atoms with Crippen molar-refractivity contribution >= 4 is 84.2 Å². The normalized spacial score (nSPS) is 13.4.